The first-order valence-corrected chi connectivity index (χ1v) is 9.44. The fourth-order valence-electron chi connectivity index (χ4n) is 2.12. The van der Waals surface area contributed by atoms with Crippen molar-refractivity contribution in [3.8, 4) is 0 Å². The summed E-state index contributed by atoms with van der Waals surface area (Å²) in [4.78, 5) is 11.8. The first kappa shape index (κ1) is 19.6. The Morgan fingerprint density at radius 2 is 1.78 bits per heavy atom. The molecule has 1 rings (SSSR count). The summed E-state index contributed by atoms with van der Waals surface area (Å²) in [6, 6.07) is 7.05. The maximum absolute atomic E-state index is 12.1. The van der Waals surface area contributed by atoms with Gasteiger partial charge in [0.05, 0.1) is 5.75 Å². The zero-order chi connectivity index (χ0) is 17.5. The summed E-state index contributed by atoms with van der Waals surface area (Å²) in [7, 11) is -3.40. The molecule has 0 bridgehead atoms. The van der Waals surface area contributed by atoms with Gasteiger partial charge in [-0.15, -0.1) is 0 Å². The van der Waals surface area contributed by atoms with E-state index in [4.69, 9.17) is 5.73 Å². The molecule has 0 aliphatic heterocycles. The Morgan fingerprint density at radius 1 is 1.17 bits per heavy atom. The van der Waals surface area contributed by atoms with Crippen LogP contribution in [0.25, 0.3) is 0 Å². The van der Waals surface area contributed by atoms with Crippen LogP contribution in [-0.2, 0) is 27.1 Å². The van der Waals surface area contributed by atoms with E-state index in [1.165, 1.54) is 0 Å². The number of sulfonamides is 1. The fraction of sp³-hybridized carbons (Fsp3) is 0.562. The second-order valence-corrected chi connectivity index (χ2v) is 7.85. The zero-order valence-electron chi connectivity index (χ0n) is 14.0. The molecule has 7 heteroatoms. The van der Waals surface area contributed by atoms with Crippen LogP contribution < -0.4 is 15.8 Å². The van der Waals surface area contributed by atoms with Crippen molar-refractivity contribution in [3.63, 3.8) is 0 Å². The molecule has 4 N–H and O–H groups in total. The summed E-state index contributed by atoms with van der Waals surface area (Å²) in [6.07, 6.45) is 0.993. The minimum atomic E-state index is -3.40. The third-order valence-corrected chi connectivity index (χ3v) is 4.70. The normalized spacial score (nSPS) is 13.1. The number of nitrogens with one attached hydrogen (secondary N) is 2. The molecular formula is C16H27N3O3S. The van der Waals surface area contributed by atoms with Gasteiger partial charge in [0, 0.05) is 25.0 Å². The lowest BCUT2D eigenvalue weighted by molar-refractivity contribution is -0.121. The predicted octanol–water partition coefficient (Wildman–Crippen LogP) is 1.26. The van der Waals surface area contributed by atoms with Crippen LogP contribution in [0.1, 0.15) is 44.7 Å². The second-order valence-electron chi connectivity index (χ2n) is 6.09. The van der Waals surface area contributed by atoms with Gasteiger partial charge in [-0.05, 0) is 38.3 Å². The highest BCUT2D eigenvalue weighted by Crippen LogP contribution is 2.12. The summed E-state index contributed by atoms with van der Waals surface area (Å²) >= 11 is 0. The number of hydrogen-bond donors (Lipinski definition) is 3. The van der Waals surface area contributed by atoms with Crippen LogP contribution in [-0.4, -0.2) is 26.4 Å². The lowest BCUT2D eigenvalue weighted by atomic mass is 10.1. The monoisotopic (exact) mass is 341 g/mol. The maximum atomic E-state index is 12.1. The molecule has 1 unspecified atom stereocenters. The largest absolute Gasteiger partial charge is 0.352 e. The SMILES string of the molecule is CC(N)CCC(=O)NCc1ccccc1CS(=O)(=O)NC(C)C. The molecule has 130 valence electrons. The molecule has 0 saturated heterocycles. The summed E-state index contributed by atoms with van der Waals surface area (Å²) < 4.78 is 26.7. The van der Waals surface area contributed by atoms with Crippen LogP contribution in [0, 0.1) is 0 Å². The Labute approximate surface area is 138 Å². The predicted molar refractivity (Wildman–Crippen MR) is 92.1 cm³/mol. The van der Waals surface area contributed by atoms with Gasteiger partial charge >= 0.3 is 0 Å². The number of nitrogens with two attached hydrogens (primary N) is 1. The average molecular weight is 341 g/mol. The van der Waals surface area contributed by atoms with Crippen molar-refractivity contribution in [2.75, 3.05) is 0 Å². The molecule has 6 nitrogen and oxygen atoms in total. The third kappa shape index (κ3) is 8.11. The number of hydrogen-bond acceptors (Lipinski definition) is 4. The standard InChI is InChI=1S/C16H27N3O3S/c1-12(2)19-23(21,22)11-15-7-5-4-6-14(15)10-18-16(20)9-8-13(3)17/h4-7,12-13,19H,8-11,17H2,1-3H3,(H,18,20). The molecule has 1 atom stereocenters. The third-order valence-electron chi connectivity index (χ3n) is 3.18. The van der Waals surface area contributed by atoms with Gasteiger partial charge in [-0.2, -0.15) is 0 Å². The summed E-state index contributed by atoms with van der Waals surface area (Å²) in [5.74, 6) is -0.183. The van der Waals surface area contributed by atoms with E-state index in [0.717, 1.165) is 5.56 Å². The molecule has 23 heavy (non-hydrogen) atoms. The molecule has 0 heterocycles. The van der Waals surface area contributed by atoms with Crippen molar-refractivity contribution in [1.82, 2.24) is 10.0 Å². The van der Waals surface area contributed by atoms with Crippen molar-refractivity contribution < 1.29 is 13.2 Å². The summed E-state index contributed by atoms with van der Waals surface area (Å²) in [6.45, 7) is 5.73. The van der Waals surface area contributed by atoms with Gasteiger partial charge < -0.3 is 11.1 Å². The van der Waals surface area contributed by atoms with E-state index in [9.17, 15) is 13.2 Å². The summed E-state index contributed by atoms with van der Waals surface area (Å²) in [5.41, 5.74) is 7.12. The number of benzene rings is 1. The highest BCUT2D eigenvalue weighted by molar-refractivity contribution is 7.88. The molecular weight excluding hydrogens is 314 g/mol. The number of rotatable bonds is 9. The number of amides is 1. The van der Waals surface area contributed by atoms with Crippen molar-refractivity contribution in [3.05, 3.63) is 35.4 Å². The Bertz CT molecular complexity index is 613. The van der Waals surface area contributed by atoms with Gasteiger partial charge in [-0.1, -0.05) is 24.3 Å². The number of carbonyl (C=O) groups is 1. The van der Waals surface area contributed by atoms with E-state index in [-0.39, 0.29) is 23.7 Å². The average Bonchev–Trinajstić information content (AvgIpc) is 2.42. The molecule has 1 aromatic carbocycles. The Morgan fingerprint density at radius 3 is 2.35 bits per heavy atom. The van der Waals surface area contributed by atoms with E-state index >= 15 is 0 Å². The van der Waals surface area contributed by atoms with E-state index in [1.807, 2.05) is 19.1 Å². The highest BCUT2D eigenvalue weighted by Gasteiger charge is 2.15. The fourth-order valence-corrected chi connectivity index (χ4v) is 3.61. The Balaban J connectivity index is 2.69. The zero-order valence-corrected chi connectivity index (χ0v) is 14.8. The van der Waals surface area contributed by atoms with Crippen LogP contribution in [0.3, 0.4) is 0 Å². The van der Waals surface area contributed by atoms with Crippen molar-refractivity contribution in [2.24, 2.45) is 5.73 Å². The first-order chi connectivity index (χ1) is 10.7. The molecule has 0 spiro atoms. The van der Waals surface area contributed by atoms with E-state index in [0.29, 0.717) is 24.9 Å². The highest BCUT2D eigenvalue weighted by atomic mass is 32.2. The van der Waals surface area contributed by atoms with Gasteiger partial charge in [0.1, 0.15) is 0 Å². The first-order valence-electron chi connectivity index (χ1n) is 7.78. The van der Waals surface area contributed by atoms with E-state index in [2.05, 4.69) is 10.0 Å². The second kappa shape index (κ2) is 9.00. The molecule has 1 aromatic rings. The lowest BCUT2D eigenvalue weighted by Crippen LogP contribution is -2.32. The quantitative estimate of drug-likeness (QED) is 0.629. The van der Waals surface area contributed by atoms with Gasteiger partial charge in [0.15, 0.2) is 0 Å². The van der Waals surface area contributed by atoms with Crippen LogP contribution >= 0.6 is 0 Å². The minimum Gasteiger partial charge on any atom is -0.352 e. The van der Waals surface area contributed by atoms with Gasteiger partial charge in [0.2, 0.25) is 15.9 Å². The molecule has 0 aromatic heterocycles. The molecule has 0 aliphatic rings. The van der Waals surface area contributed by atoms with E-state index < -0.39 is 10.0 Å². The Kier molecular flexibility index (Phi) is 7.67. The van der Waals surface area contributed by atoms with Crippen molar-refractivity contribution >= 4 is 15.9 Å². The van der Waals surface area contributed by atoms with Gasteiger partial charge in [-0.25, -0.2) is 13.1 Å². The molecule has 1 amide bonds. The summed E-state index contributed by atoms with van der Waals surface area (Å²) in [5, 5.41) is 2.81. The molecule has 0 saturated carbocycles. The van der Waals surface area contributed by atoms with Crippen molar-refractivity contribution in [1.29, 1.82) is 0 Å². The van der Waals surface area contributed by atoms with Crippen LogP contribution in [0.2, 0.25) is 0 Å². The smallest absolute Gasteiger partial charge is 0.220 e. The number of carbonyl (C=O) groups excluding carboxylic acids is 1. The van der Waals surface area contributed by atoms with E-state index in [1.54, 1.807) is 26.0 Å². The minimum absolute atomic E-state index is 0.0136. The lowest BCUT2D eigenvalue weighted by Gasteiger charge is -2.13. The van der Waals surface area contributed by atoms with Crippen LogP contribution in [0.5, 0.6) is 0 Å². The molecule has 0 fully saturated rings. The molecule has 0 aliphatic carbocycles. The molecule has 0 radical (unpaired) electrons. The topological polar surface area (TPSA) is 101 Å². The van der Waals surface area contributed by atoms with Crippen LogP contribution in [0.4, 0.5) is 0 Å². The van der Waals surface area contributed by atoms with Gasteiger partial charge in [0.25, 0.3) is 0 Å². The van der Waals surface area contributed by atoms with Crippen molar-refractivity contribution in [2.45, 2.75) is 58.0 Å². The Hall–Kier alpha value is -1.44. The van der Waals surface area contributed by atoms with Gasteiger partial charge in [-0.3, -0.25) is 4.79 Å². The maximum Gasteiger partial charge on any atom is 0.220 e. The van der Waals surface area contributed by atoms with Crippen LogP contribution in [0.15, 0.2) is 24.3 Å².